The number of hydrogen-bond donors (Lipinski definition) is 0. The molecule has 0 N–H and O–H groups in total. The van der Waals surface area contributed by atoms with E-state index in [0.29, 0.717) is 0 Å². The highest BCUT2D eigenvalue weighted by atomic mass is 16.3. The molecule has 9 aromatic carbocycles. The number of benzene rings is 9. The lowest BCUT2D eigenvalue weighted by Crippen LogP contribution is -2.25. The van der Waals surface area contributed by atoms with Crippen LogP contribution in [0, 0.1) is 0 Å². The van der Waals surface area contributed by atoms with Crippen molar-refractivity contribution in [3.8, 4) is 55.6 Å². The molecule has 2 heteroatoms. The van der Waals surface area contributed by atoms with E-state index in [1.165, 1.54) is 83.5 Å². The Hall–Kier alpha value is -7.68. The average molecular weight is 792 g/mol. The van der Waals surface area contributed by atoms with Crippen LogP contribution < -0.4 is 4.90 Å². The zero-order valence-corrected chi connectivity index (χ0v) is 34.6. The van der Waals surface area contributed by atoms with Gasteiger partial charge in [0.1, 0.15) is 16.8 Å². The monoisotopic (exact) mass is 791 g/mol. The van der Waals surface area contributed by atoms with E-state index in [9.17, 15) is 0 Å². The Kier molecular flexibility index (Phi) is 7.31. The van der Waals surface area contributed by atoms with Crippen LogP contribution in [-0.2, 0) is 10.8 Å². The molecule has 1 spiro atoms. The normalized spacial score (nSPS) is 14.2. The number of hydrogen-bond acceptors (Lipinski definition) is 2. The average Bonchev–Trinajstić information content (AvgIpc) is 4.02. The van der Waals surface area contributed by atoms with Crippen LogP contribution in [-0.4, -0.2) is 0 Å². The minimum atomic E-state index is -0.564. The quantitative estimate of drug-likeness (QED) is 0.173. The molecule has 2 nitrogen and oxygen atoms in total. The molecule has 1 heterocycles. The molecule has 0 saturated heterocycles. The van der Waals surface area contributed by atoms with Crippen molar-refractivity contribution in [2.45, 2.75) is 24.7 Å². The van der Waals surface area contributed by atoms with Crippen molar-refractivity contribution in [2.75, 3.05) is 4.90 Å². The predicted octanol–water partition coefficient (Wildman–Crippen LogP) is 15.9. The van der Waals surface area contributed by atoms with Crippen LogP contribution in [0.4, 0.5) is 17.1 Å². The van der Waals surface area contributed by atoms with Crippen LogP contribution in [0.3, 0.4) is 0 Å². The second-order valence-electron chi connectivity index (χ2n) is 17.5. The number of fused-ring (bicyclic) bond motifs is 15. The molecule has 0 unspecified atom stereocenters. The van der Waals surface area contributed by atoms with Gasteiger partial charge in [0.15, 0.2) is 0 Å². The highest BCUT2D eigenvalue weighted by Crippen LogP contribution is 2.66. The Balaban J connectivity index is 1.01. The number of rotatable bonds is 5. The summed E-state index contributed by atoms with van der Waals surface area (Å²) in [6.45, 7) is 4.72. The first-order valence-corrected chi connectivity index (χ1v) is 21.7. The van der Waals surface area contributed by atoms with Gasteiger partial charge in [0, 0.05) is 33.3 Å². The van der Waals surface area contributed by atoms with Crippen molar-refractivity contribution in [1.29, 1.82) is 0 Å². The second kappa shape index (κ2) is 12.9. The molecule has 0 aliphatic heterocycles. The van der Waals surface area contributed by atoms with Gasteiger partial charge in [0.05, 0.1) is 5.69 Å². The van der Waals surface area contributed by atoms with Crippen LogP contribution in [0.2, 0.25) is 0 Å². The summed E-state index contributed by atoms with van der Waals surface area (Å²) in [5.74, 6) is 1.01. The molecular formula is C60H41NO. The van der Waals surface area contributed by atoms with Gasteiger partial charge in [0.25, 0.3) is 0 Å². The van der Waals surface area contributed by atoms with Crippen molar-refractivity contribution in [3.05, 3.63) is 246 Å². The second-order valence-corrected chi connectivity index (χ2v) is 17.5. The first kappa shape index (κ1) is 35.1. The first-order chi connectivity index (χ1) is 30.5. The molecule has 1 aromatic heterocycles. The Morgan fingerprint density at radius 3 is 1.65 bits per heavy atom. The van der Waals surface area contributed by atoms with E-state index in [1.54, 1.807) is 0 Å². The van der Waals surface area contributed by atoms with E-state index < -0.39 is 5.41 Å². The molecule has 0 fully saturated rings. The van der Waals surface area contributed by atoms with Crippen molar-refractivity contribution in [3.63, 3.8) is 0 Å². The van der Waals surface area contributed by atoms with Crippen LogP contribution in [0.5, 0.6) is 0 Å². The summed E-state index contributed by atoms with van der Waals surface area (Å²) in [6.07, 6.45) is 0. The number of anilines is 3. The van der Waals surface area contributed by atoms with Gasteiger partial charge >= 0.3 is 0 Å². The standard InChI is InChI=1S/C60H41NO/c1-59(2)49-25-11-6-20-44(49)47-36-35-41(37-53(47)59)61(54-29-14-9-19-42(54)38-17-4-3-5-18-38)40-33-31-39(32-34-40)43-24-16-28-52-56(43)57-48-23-10-15-30-55(48)62-58(57)60(52)50-26-12-7-21-45(50)46-22-8-13-27-51(46)60/h3-37H,1-2H3. The van der Waals surface area contributed by atoms with E-state index in [4.69, 9.17) is 4.42 Å². The molecule has 0 bridgehead atoms. The van der Waals surface area contributed by atoms with Gasteiger partial charge in [-0.05, 0) is 109 Å². The fourth-order valence-electron chi connectivity index (χ4n) is 11.4. The lowest BCUT2D eigenvalue weighted by atomic mass is 9.73. The van der Waals surface area contributed by atoms with Crippen molar-refractivity contribution in [1.82, 2.24) is 0 Å². The maximum absolute atomic E-state index is 7.09. The third-order valence-electron chi connectivity index (χ3n) is 14.1. The molecule has 0 radical (unpaired) electrons. The minimum Gasteiger partial charge on any atom is -0.459 e. The molecule has 0 saturated carbocycles. The van der Waals surface area contributed by atoms with Gasteiger partial charge in [-0.15, -0.1) is 0 Å². The maximum Gasteiger partial charge on any atom is 0.135 e. The summed E-state index contributed by atoms with van der Waals surface area (Å²) in [4.78, 5) is 2.45. The van der Waals surface area contributed by atoms with Crippen molar-refractivity contribution in [2.24, 2.45) is 0 Å². The van der Waals surface area contributed by atoms with E-state index >= 15 is 0 Å². The van der Waals surface area contributed by atoms with Crippen LogP contribution >= 0.6 is 0 Å². The predicted molar refractivity (Wildman–Crippen MR) is 256 cm³/mol. The summed E-state index contributed by atoms with van der Waals surface area (Å²) in [5.41, 5.74) is 22.5. The minimum absolute atomic E-state index is 0.127. The molecule has 3 aliphatic rings. The molecule has 292 valence electrons. The Bertz CT molecular complexity index is 3400. The first-order valence-electron chi connectivity index (χ1n) is 21.7. The third kappa shape index (κ3) is 4.64. The Morgan fingerprint density at radius 1 is 0.371 bits per heavy atom. The van der Waals surface area contributed by atoms with E-state index in [1.807, 2.05) is 0 Å². The zero-order valence-electron chi connectivity index (χ0n) is 34.6. The molecule has 3 aliphatic carbocycles. The fraction of sp³-hybridized carbons (Fsp3) is 0.0667. The maximum atomic E-state index is 7.09. The lowest BCUT2D eigenvalue weighted by Gasteiger charge is -2.30. The van der Waals surface area contributed by atoms with Gasteiger partial charge in [-0.25, -0.2) is 0 Å². The van der Waals surface area contributed by atoms with E-state index in [-0.39, 0.29) is 5.41 Å². The van der Waals surface area contributed by atoms with E-state index in [0.717, 1.165) is 33.8 Å². The van der Waals surface area contributed by atoms with Crippen LogP contribution in [0.15, 0.2) is 217 Å². The number of furan rings is 1. The zero-order chi connectivity index (χ0) is 41.2. The third-order valence-corrected chi connectivity index (χ3v) is 14.1. The fourth-order valence-corrected chi connectivity index (χ4v) is 11.4. The van der Waals surface area contributed by atoms with Gasteiger partial charge < -0.3 is 9.32 Å². The highest BCUT2D eigenvalue weighted by molar-refractivity contribution is 6.08. The topological polar surface area (TPSA) is 16.4 Å². The summed E-state index contributed by atoms with van der Waals surface area (Å²) in [5, 5.41) is 1.15. The largest absolute Gasteiger partial charge is 0.459 e. The van der Waals surface area contributed by atoms with Crippen LogP contribution in [0.25, 0.3) is 66.6 Å². The Morgan fingerprint density at radius 2 is 0.903 bits per heavy atom. The van der Waals surface area contributed by atoms with Gasteiger partial charge in [-0.1, -0.05) is 190 Å². The molecule has 0 atom stereocenters. The number of para-hydroxylation sites is 2. The molecular weight excluding hydrogens is 751 g/mol. The van der Waals surface area contributed by atoms with Gasteiger partial charge in [-0.2, -0.15) is 0 Å². The summed E-state index contributed by atoms with van der Waals surface area (Å²) in [6, 6.07) is 78.1. The lowest BCUT2D eigenvalue weighted by molar-refractivity contribution is 0.507. The molecule has 0 amide bonds. The van der Waals surface area contributed by atoms with Crippen molar-refractivity contribution < 1.29 is 4.42 Å². The van der Waals surface area contributed by atoms with Gasteiger partial charge in [-0.3, -0.25) is 0 Å². The van der Waals surface area contributed by atoms with E-state index in [2.05, 4.69) is 231 Å². The highest BCUT2D eigenvalue weighted by Gasteiger charge is 2.55. The molecule has 10 aromatic rings. The smallest absolute Gasteiger partial charge is 0.135 e. The summed E-state index contributed by atoms with van der Waals surface area (Å²) < 4.78 is 7.09. The Labute approximate surface area is 362 Å². The van der Waals surface area contributed by atoms with Crippen molar-refractivity contribution >= 4 is 28.0 Å². The molecule has 13 rings (SSSR count). The SMILES string of the molecule is CC1(C)c2ccccc2-c2ccc(N(c3ccc(-c4cccc5c4-c4c(oc6ccccc46)C54c5ccccc5-c5ccccc54)cc3)c3ccccc3-c3ccccc3)cc21. The summed E-state index contributed by atoms with van der Waals surface area (Å²) >= 11 is 0. The van der Waals surface area contributed by atoms with Crippen LogP contribution in [0.1, 0.15) is 47.4 Å². The molecule has 62 heavy (non-hydrogen) atoms. The van der Waals surface area contributed by atoms with Gasteiger partial charge in [0.2, 0.25) is 0 Å². The number of nitrogens with zero attached hydrogens (tertiary/aromatic N) is 1. The summed E-state index contributed by atoms with van der Waals surface area (Å²) in [7, 11) is 0.